The number of hydrogen-bond acceptors (Lipinski definition) is 10. The molecular weight excluding hydrogens is 1450 g/mol. The Bertz CT molecular complexity index is 5770. The predicted octanol–water partition coefficient (Wildman–Crippen LogP) is 20.1. The molecule has 18 rings (SSSR count). The molecule has 109 heavy (non-hydrogen) atoms. The molecule has 3 heterocycles. The lowest BCUT2D eigenvalue weighted by Gasteiger charge is -2.56. The van der Waals surface area contributed by atoms with Crippen LogP contribution < -0.4 is 4.74 Å². The van der Waals surface area contributed by atoms with Crippen molar-refractivity contribution in [3.63, 3.8) is 0 Å². The summed E-state index contributed by atoms with van der Waals surface area (Å²) in [6, 6.07) is 55.0. The number of fused-ring (bicyclic) bond motifs is 3. The molecule has 552 valence electrons. The van der Waals surface area contributed by atoms with E-state index in [-0.39, 0.29) is 97.4 Å². The maximum Gasteiger partial charge on any atom is 0.306 e. The molecule has 0 aliphatic heterocycles. The number of carbonyl (C=O) groups excluding carboxylic acids is 3. The van der Waals surface area contributed by atoms with Gasteiger partial charge in [-0.15, -0.1) is 0 Å². The highest BCUT2D eigenvalue weighted by atomic mass is 79.9. The lowest BCUT2D eigenvalue weighted by molar-refractivity contribution is -0.158. The Morgan fingerprint density at radius 3 is 1.26 bits per heavy atom. The predicted molar refractivity (Wildman–Crippen MR) is 425 cm³/mol. The number of Topliss-reactive ketones (excluding diaryl/α,β-unsaturated/α-hetero) is 3. The van der Waals surface area contributed by atoms with Gasteiger partial charge in [-0.05, 0) is 198 Å². The summed E-state index contributed by atoms with van der Waals surface area (Å²) in [5, 5.41) is 43.5. The minimum Gasteiger partial charge on any atom is -0.497 e. The van der Waals surface area contributed by atoms with Gasteiger partial charge in [-0.3, -0.25) is 42.8 Å². The highest BCUT2D eigenvalue weighted by Crippen LogP contribution is 2.64. The number of halogens is 2. The van der Waals surface area contributed by atoms with Crippen molar-refractivity contribution in [1.29, 1.82) is 0 Å². The molecule has 6 aliphatic rings. The van der Waals surface area contributed by atoms with Gasteiger partial charge in [0.1, 0.15) is 5.75 Å². The summed E-state index contributed by atoms with van der Waals surface area (Å²) in [4.78, 5) is 74.1. The van der Waals surface area contributed by atoms with E-state index in [1.807, 2.05) is 76.2 Å². The molecule has 3 N–H and O–H groups in total. The van der Waals surface area contributed by atoms with E-state index < -0.39 is 42.1 Å². The second kappa shape index (κ2) is 30.1. The maximum absolute atomic E-state index is 13.6. The third kappa shape index (κ3) is 15.2. The summed E-state index contributed by atoms with van der Waals surface area (Å²) in [6.07, 6.45) is 15.8. The molecule has 6 fully saturated rings. The van der Waals surface area contributed by atoms with Crippen molar-refractivity contribution in [2.24, 2.45) is 51.8 Å². The fourth-order valence-corrected chi connectivity index (χ4v) is 19.2. The van der Waals surface area contributed by atoms with E-state index in [4.69, 9.17) is 24.6 Å². The molecule has 0 amide bonds. The zero-order chi connectivity index (χ0) is 80.6. The topological polar surface area (TPSA) is 226 Å². The van der Waals surface area contributed by atoms with E-state index in [0.29, 0.717) is 78.4 Å². The van der Waals surface area contributed by atoms with Gasteiger partial charge in [0.15, 0.2) is 17.3 Å². The standard InChI is InChI=1S/C31H30N2O4.C30H27BrN2O3.C30H27ClN2O3/c1-37-26-12-24-18-32-33(19-20-7-9-23(10-8-20)22-5-3-2-4-6-22)29(24)27(13-26)28(34)11-21-14-31(15-21)16-25(17-31)30(35)36;31-25-11-23-17-32-33(18-19-6-8-22(9-7-19)21-4-2-1-3-5-21)28(23)26(12-25)27(34)10-20-13-30(14-20)15-24(16-30)29(35)36;31-26-11-10-24(27(34)12-20-13-30(14-20)15-23(16-30)29(35)36)28-25(26)17-32-33(28)18-19-6-8-22(9-7-19)21-4-2-1-3-5-21/h2-10,12-13,18,21,25H,11,14-17,19H2,1H3,(H,35,36);1-9,11-12,17,20,24H,10,13-16,18H2,(H,35,36);1-11,17,20,23H,12-16,18H2,(H,35,36)/i;;6D,7D,8D,9D,18D2. The van der Waals surface area contributed by atoms with Gasteiger partial charge in [-0.25, -0.2) is 0 Å². The molecule has 16 nitrogen and oxygen atoms in total. The molecular formula is C91H84BrClN6O10. The Morgan fingerprint density at radius 2 is 0.835 bits per heavy atom. The second-order valence-corrected chi connectivity index (χ2v) is 32.7. The fourth-order valence-electron chi connectivity index (χ4n) is 18.6. The number of ketones is 3. The van der Waals surface area contributed by atoms with Gasteiger partial charge < -0.3 is 20.1 Å². The van der Waals surface area contributed by atoms with Crippen LogP contribution in [0, 0.1) is 51.8 Å². The van der Waals surface area contributed by atoms with Gasteiger partial charge >= 0.3 is 17.9 Å². The lowest BCUT2D eigenvalue weighted by atomic mass is 9.47. The number of nitrogens with zero attached hydrogens (tertiary/aromatic N) is 6. The van der Waals surface area contributed by atoms with E-state index in [1.54, 1.807) is 49.7 Å². The zero-order valence-corrected chi connectivity index (χ0v) is 62.4. The molecule has 18 heteroatoms. The number of benzene rings is 9. The molecule has 6 saturated carbocycles. The van der Waals surface area contributed by atoms with Gasteiger partial charge in [0.05, 0.1) is 92.8 Å². The van der Waals surface area contributed by atoms with Crippen molar-refractivity contribution in [3.05, 3.63) is 262 Å². The molecule has 3 aromatic heterocycles. The minimum atomic E-state index is -2.67. The van der Waals surface area contributed by atoms with Crippen LogP contribution in [0.15, 0.2) is 223 Å². The summed E-state index contributed by atoms with van der Waals surface area (Å²) in [5.41, 5.74) is 10.7. The van der Waals surface area contributed by atoms with Crippen LogP contribution in [0.2, 0.25) is 5.02 Å². The van der Waals surface area contributed by atoms with Crippen LogP contribution in [0.25, 0.3) is 66.1 Å². The van der Waals surface area contributed by atoms with Gasteiger partial charge in [0.25, 0.3) is 0 Å². The number of aromatic nitrogens is 6. The van der Waals surface area contributed by atoms with Gasteiger partial charge in [0, 0.05) is 56.6 Å². The van der Waals surface area contributed by atoms with Crippen molar-refractivity contribution in [2.45, 2.75) is 116 Å². The van der Waals surface area contributed by atoms with Crippen molar-refractivity contribution in [3.8, 4) is 39.1 Å². The number of carboxylic acids is 3. The Morgan fingerprint density at radius 1 is 0.450 bits per heavy atom. The van der Waals surface area contributed by atoms with Gasteiger partial charge in [-0.1, -0.05) is 191 Å². The van der Waals surface area contributed by atoms with Gasteiger partial charge in [-0.2, -0.15) is 15.3 Å². The first-order valence-corrected chi connectivity index (χ1v) is 38.4. The Balaban J connectivity index is 0.000000130. The second-order valence-electron chi connectivity index (χ2n) is 31.4. The number of ether oxygens (including phenoxy) is 1. The van der Waals surface area contributed by atoms with Crippen LogP contribution >= 0.6 is 27.5 Å². The number of hydrogen-bond donors (Lipinski definition) is 3. The third-order valence-electron chi connectivity index (χ3n) is 23.8. The molecule has 0 bridgehead atoms. The first kappa shape index (κ1) is 65.5. The van der Waals surface area contributed by atoms with Crippen molar-refractivity contribution in [2.75, 3.05) is 7.11 Å². The summed E-state index contributed by atoms with van der Waals surface area (Å²) >= 11 is 9.99. The number of aliphatic carboxylic acids is 3. The Hall–Kier alpha value is -10.6. The molecule has 0 unspecified atom stereocenters. The average molecular weight is 1540 g/mol. The van der Waals surface area contributed by atoms with Gasteiger partial charge in [0.2, 0.25) is 0 Å². The molecule has 0 radical (unpaired) electrons. The Labute approximate surface area is 653 Å². The first-order chi connectivity index (χ1) is 55.2. The Kier molecular flexibility index (Phi) is 18.1. The SMILES string of the molecule is COc1cc(C(=O)CC2CC3(C2)CC(C(=O)O)C3)c2c(cnn2Cc2ccc(-c3ccccc3)cc2)c1.O=C(CC1CC2(C1)CC(C(=O)O)C2)c1cc(Br)cc2cnn(Cc3ccc(-c4ccccc4)cc3)c12.[2H]c1c([2H])c(C([2H])([2H])n2ncc3c(Cl)ccc(C(=O)CC4CC5(C4)CC(C(=O)O)C5)c32)c([2H])c([2H])c1-c1ccccc1. The molecule has 12 aromatic rings. The number of rotatable bonds is 22. The van der Waals surface area contributed by atoms with Crippen LogP contribution in [0.5, 0.6) is 5.75 Å². The van der Waals surface area contributed by atoms with Crippen LogP contribution in [0.4, 0.5) is 0 Å². The van der Waals surface area contributed by atoms with Crippen LogP contribution in [0.1, 0.15) is 152 Å². The van der Waals surface area contributed by atoms with Crippen molar-refractivity contribution < 1.29 is 57.0 Å². The molecule has 3 spiro atoms. The zero-order valence-electron chi connectivity index (χ0n) is 66.1. The smallest absolute Gasteiger partial charge is 0.306 e. The van der Waals surface area contributed by atoms with Crippen LogP contribution in [0.3, 0.4) is 0 Å². The highest BCUT2D eigenvalue weighted by molar-refractivity contribution is 9.10. The van der Waals surface area contributed by atoms with E-state index in [0.717, 1.165) is 112 Å². The van der Waals surface area contributed by atoms with Crippen LogP contribution in [-0.2, 0) is 34.0 Å². The first-order valence-electron chi connectivity index (χ1n) is 40.2. The molecule has 9 aromatic carbocycles. The van der Waals surface area contributed by atoms with Crippen molar-refractivity contribution >= 4 is 95.5 Å². The number of carbonyl (C=O) groups is 6. The van der Waals surface area contributed by atoms with Crippen LogP contribution in [-0.4, -0.2) is 87.0 Å². The monoisotopic (exact) mass is 1540 g/mol. The fraction of sp³-hybridized carbons (Fsp3) is 0.308. The number of carboxylic acid groups (broad SMARTS) is 3. The summed E-state index contributed by atoms with van der Waals surface area (Å²) < 4.78 is 63.9. The highest BCUT2D eigenvalue weighted by Gasteiger charge is 2.57. The normalized spacial score (nSPS) is 23.6. The van der Waals surface area contributed by atoms with E-state index in [2.05, 4.69) is 104 Å². The summed E-state index contributed by atoms with van der Waals surface area (Å²) in [5.74, 6) is -1.47. The largest absolute Gasteiger partial charge is 0.497 e. The lowest BCUT2D eigenvalue weighted by Crippen LogP contribution is -2.50. The molecule has 6 aliphatic carbocycles. The summed E-state index contributed by atoms with van der Waals surface area (Å²) in [6.45, 7) is -1.52. The average Bonchev–Trinajstić information content (AvgIpc) is 1.72. The minimum absolute atomic E-state index is 0.00546. The quantitative estimate of drug-likeness (QED) is 0.0538. The molecule has 0 saturated heterocycles. The van der Waals surface area contributed by atoms with Crippen molar-refractivity contribution in [1.82, 2.24) is 29.3 Å². The maximum atomic E-state index is 13.6. The summed E-state index contributed by atoms with van der Waals surface area (Å²) in [7, 11) is 1.61. The molecule has 0 atom stereocenters. The number of methoxy groups -OCH3 is 1. The third-order valence-corrected chi connectivity index (χ3v) is 24.6. The van der Waals surface area contributed by atoms with E-state index >= 15 is 0 Å². The van der Waals surface area contributed by atoms with E-state index in [1.165, 1.54) is 29.0 Å². The van der Waals surface area contributed by atoms with E-state index in [9.17, 15) is 44.1 Å².